The molecular weight excluding hydrogens is 322 g/mol. The van der Waals surface area contributed by atoms with E-state index in [-0.39, 0.29) is 5.91 Å². The molecule has 0 unspecified atom stereocenters. The molecule has 1 amide bonds. The zero-order valence-corrected chi connectivity index (χ0v) is 15.1. The summed E-state index contributed by atoms with van der Waals surface area (Å²) in [7, 11) is 6.15. The first kappa shape index (κ1) is 18.4. The Labute approximate surface area is 147 Å². The van der Waals surface area contributed by atoms with E-state index in [1.807, 2.05) is 25.1 Å². The first-order valence-electron chi connectivity index (χ1n) is 7.75. The molecule has 2 aromatic carbocycles. The van der Waals surface area contributed by atoms with Crippen molar-refractivity contribution in [3.05, 3.63) is 47.0 Å². The van der Waals surface area contributed by atoms with Crippen LogP contribution in [0.3, 0.4) is 0 Å². The SMILES string of the molecule is COc1ccc(C)cc1CNC(=O)c1cc(OC)c(OC)c(OC)c1. The molecule has 0 saturated heterocycles. The Morgan fingerprint density at radius 3 is 2.00 bits per heavy atom. The quantitative estimate of drug-likeness (QED) is 0.836. The van der Waals surface area contributed by atoms with Crippen molar-refractivity contribution in [1.29, 1.82) is 0 Å². The van der Waals surface area contributed by atoms with Crippen molar-refractivity contribution in [2.45, 2.75) is 13.5 Å². The summed E-state index contributed by atoms with van der Waals surface area (Å²) in [5.41, 5.74) is 2.42. The predicted octanol–water partition coefficient (Wildman–Crippen LogP) is 2.96. The third-order valence-electron chi connectivity index (χ3n) is 3.80. The van der Waals surface area contributed by atoms with Crippen LogP contribution in [0.2, 0.25) is 0 Å². The van der Waals surface area contributed by atoms with Crippen LogP contribution in [0.1, 0.15) is 21.5 Å². The lowest BCUT2D eigenvalue weighted by atomic mass is 10.1. The van der Waals surface area contributed by atoms with Gasteiger partial charge in [-0.2, -0.15) is 0 Å². The molecule has 0 aliphatic heterocycles. The molecule has 0 saturated carbocycles. The highest BCUT2D eigenvalue weighted by atomic mass is 16.5. The molecule has 0 atom stereocenters. The van der Waals surface area contributed by atoms with E-state index >= 15 is 0 Å². The van der Waals surface area contributed by atoms with E-state index in [9.17, 15) is 4.79 Å². The lowest BCUT2D eigenvalue weighted by Crippen LogP contribution is -2.23. The van der Waals surface area contributed by atoms with Crippen LogP contribution in [-0.2, 0) is 6.54 Å². The minimum absolute atomic E-state index is 0.247. The van der Waals surface area contributed by atoms with Gasteiger partial charge in [-0.25, -0.2) is 0 Å². The normalized spacial score (nSPS) is 10.1. The Hall–Kier alpha value is -2.89. The summed E-state index contributed by atoms with van der Waals surface area (Å²) < 4.78 is 21.2. The molecule has 0 aliphatic carbocycles. The first-order valence-corrected chi connectivity index (χ1v) is 7.75. The molecule has 134 valence electrons. The lowest BCUT2D eigenvalue weighted by molar-refractivity contribution is 0.0950. The Morgan fingerprint density at radius 2 is 1.48 bits per heavy atom. The van der Waals surface area contributed by atoms with E-state index in [4.69, 9.17) is 18.9 Å². The number of benzene rings is 2. The molecule has 0 aromatic heterocycles. The van der Waals surface area contributed by atoms with Gasteiger partial charge < -0.3 is 24.3 Å². The van der Waals surface area contributed by atoms with Crippen molar-refractivity contribution in [3.8, 4) is 23.0 Å². The molecule has 0 aliphatic rings. The number of nitrogens with one attached hydrogen (secondary N) is 1. The van der Waals surface area contributed by atoms with Crippen molar-refractivity contribution >= 4 is 5.91 Å². The summed E-state index contributed by atoms with van der Waals surface area (Å²) in [6.45, 7) is 2.34. The molecule has 2 rings (SSSR count). The van der Waals surface area contributed by atoms with Crippen molar-refractivity contribution < 1.29 is 23.7 Å². The Balaban J connectivity index is 2.23. The van der Waals surface area contributed by atoms with E-state index in [0.717, 1.165) is 16.9 Å². The third kappa shape index (κ3) is 4.15. The number of amides is 1. The largest absolute Gasteiger partial charge is 0.496 e. The van der Waals surface area contributed by atoms with E-state index in [2.05, 4.69) is 5.32 Å². The van der Waals surface area contributed by atoms with Crippen LogP contribution in [0, 0.1) is 6.92 Å². The van der Waals surface area contributed by atoms with E-state index < -0.39 is 0 Å². The third-order valence-corrected chi connectivity index (χ3v) is 3.80. The van der Waals surface area contributed by atoms with Gasteiger partial charge in [-0.3, -0.25) is 4.79 Å². The average molecular weight is 345 g/mol. The fourth-order valence-electron chi connectivity index (χ4n) is 2.54. The summed E-state index contributed by atoms with van der Waals surface area (Å²) in [6.07, 6.45) is 0. The molecule has 0 heterocycles. The summed E-state index contributed by atoms with van der Waals surface area (Å²) >= 11 is 0. The van der Waals surface area contributed by atoms with Gasteiger partial charge in [-0.1, -0.05) is 17.7 Å². The maximum atomic E-state index is 12.5. The van der Waals surface area contributed by atoms with Gasteiger partial charge in [-0.15, -0.1) is 0 Å². The van der Waals surface area contributed by atoms with Gasteiger partial charge in [0.25, 0.3) is 5.91 Å². The Morgan fingerprint density at radius 1 is 0.880 bits per heavy atom. The first-order chi connectivity index (χ1) is 12.0. The van der Waals surface area contributed by atoms with E-state index in [0.29, 0.717) is 29.4 Å². The van der Waals surface area contributed by atoms with Crippen molar-refractivity contribution in [3.63, 3.8) is 0 Å². The molecule has 6 nitrogen and oxygen atoms in total. The topological polar surface area (TPSA) is 66.0 Å². The summed E-state index contributed by atoms with van der Waals surface area (Å²) in [6, 6.07) is 9.06. The van der Waals surface area contributed by atoms with Gasteiger partial charge in [0.15, 0.2) is 11.5 Å². The summed E-state index contributed by atoms with van der Waals surface area (Å²) in [5, 5.41) is 2.89. The minimum Gasteiger partial charge on any atom is -0.496 e. The van der Waals surface area contributed by atoms with Gasteiger partial charge in [-0.05, 0) is 25.1 Å². The number of rotatable bonds is 7. The van der Waals surface area contributed by atoms with Gasteiger partial charge >= 0.3 is 0 Å². The molecular formula is C19H23NO5. The molecule has 6 heteroatoms. The van der Waals surface area contributed by atoms with Crippen LogP contribution in [-0.4, -0.2) is 34.3 Å². The van der Waals surface area contributed by atoms with Gasteiger partial charge in [0.2, 0.25) is 5.75 Å². The molecule has 0 bridgehead atoms. The number of ether oxygens (including phenoxy) is 4. The number of carbonyl (C=O) groups excluding carboxylic acids is 1. The molecule has 0 spiro atoms. The van der Waals surface area contributed by atoms with Crippen LogP contribution in [0.5, 0.6) is 23.0 Å². The number of aryl methyl sites for hydroxylation is 1. The van der Waals surface area contributed by atoms with Crippen molar-refractivity contribution in [2.75, 3.05) is 28.4 Å². The number of carbonyl (C=O) groups is 1. The number of methoxy groups -OCH3 is 4. The Kier molecular flexibility index (Phi) is 6.11. The Bertz CT molecular complexity index is 732. The smallest absolute Gasteiger partial charge is 0.251 e. The summed E-state index contributed by atoms with van der Waals surface area (Å²) in [5.74, 6) is 1.79. The fourth-order valence-corrected chi connectivity index (χ4v) is 2.54. The molecule has 0 radical (unpaired) electrons. The number of hydrogen-bond acceptors (Lipinski definition) is 5. The summed E-state index contributed by atoms with van der Waals surface area (Å²) in [4.78, 5) is 12.5. The second-order valence-electron chi connectivity index (χ2n) is 5.41. The van der Waals surface area contributed by atoms with Crippen LogP contribution >= 0.6 is 0 Å². The van der Waals surface area contributed by atoms with Crippen LogP contribution in [0.25, 0.3) is 0 Å². The predicted molar refractivity (Wildman–Crippen MR) is 95.0 cm³/mol. The average Bonchev–Trinajstić information content (AvgIpc) is 2.64. The maximum absolute atomic E-state index is 12.5. The van der Waals surface area contributed by atoms with E-state index in [1.165, 1.54) is 21.3 Å². The highest BCUT2D eigenvalue weighted by Crippen LogP contribution is 2.38. The molecule has 2 aromatic rings. The van der Waals surface area contributed by atoms with Crippen molar-refractivity contribution in [2.24, 2.45) is 0 Å². The minimum atomic E-state index is -0.247. The monoisotopic (exact) mass is 345 g/mol. The molecule has 0 fully saturated rings. The van der Waals surface area contributed by atoms with Crippen molar-refractivity contribution in [1.82, 2.24) is 5.32 Å². The van der Waals surface area contributed by atoms with Gasteiger partial charge in [0.1, 0.15) is 5.75 Å². The second-order valence-corrected chi connectivity index (χ2v) is 5.41. The number of hydrogen-bond donors (Lipinski definition) is 1. The van der Waals surface area contributed by atoms with Gasteiger partial charge in [0.05, 0.1) is 28.4 Å². The zero-order chi connectivity index (χ0) is 18.4. The van der Waals surface area contributed by atoms with E-state index in [1.54, 1.807) is 19.2 Å². The second kappa shape index (κ2) is 8.28. The fraction of sp³-hybridized carbons (Fsp3) is 0.316. The standard InChI is InChI=1S/C19H23NO5/c1-12-6-7-15(22-2)14(8-12)11-20-19(21)13-9-16(23-3)18(25-5)17(10-13)24-4/h6-10H,11H2,1-5H3,(H,20,21). The lowest BCUT2D eigenvalue weighted by Gasteiger charge is -2.14. The highest BCUT2D eigenvalue weighted by Gasteiger charge is 2.17. The maximum Gasteiger partial charge on any atom is 0.251 e. The molecule has 1 N–H and O–H groups in total. The van der Waals surface area contributed by atoms with Crippen LogP contribution < -0.4 is 24.3 Å². The zero-order valence-electron chi connectivity index (χ0n) is 15.1. The highest BCUT2D eigenvalue weighted by molar-refractivity contribution is 5.95. The van der Waals surface area contributed by atoms with Gasteiger partial charge in [0, 0.05) is 17.7 Å². The van der Waals surface area contributed by atoms with Crippen LogP contribution in [0.15, 0.2) is 30.3 Å². The van der Waals surface area contributed by atoms with Crippen LogP contribution in [0.4, 0.5) is 0 Å². The molecule has 25 heavy (non-hydrogen) atoms.